The van der Waals surface area contributed by atoms with Crippen LogP contribution in [-0.4, -0.2) is 20.9 Å². The molecule has 1 rings (SSSR count). The van der Waals surface area contributed by atoms with Gasteiger partial charge in [-0.15, -0.1) is 0 Å². The lowest BCUT2D eigenvalue weighted by Gasteiger charge is -2.19. The van der Waals surface area contributed by atoms with Gasteiger partial charge in [-0.3, -0.25) is 0 Å². The van der Waals surface area contributed by atoms with Gasteiger partial charge in [0.05, 0.1) is 5.60 Å². The van der Waals surface area contributed by atoms with Gasteiger partial charge in [-0.2, -0.15) is 0 Å². The van der Waals surface area contributed by atoms with Crippen LogP contribution in [0, 0.1) is 26.7 Å². The molecule has 0 fully saturated rings. The molecule has 1 aromatic rings. The van der Waals surface area contributed by atoms with Gasteiger partial charge in [0, 0.05) is 11.1 Å². The van der Waals surface area contributed by atoms with E-state index in [1.807, 2.05) is 0 Å². The van der Waals surface area contributed by atoms with Crippen molar-refractivity contribution in [3.8, 4) is 11.5 Å². The zero-order valence-corrected chi connectivity index (χ0v) is 21.7. The number of hydrogen-bond donors (Lipinski definition) is 3. The second-order valence-electron chi connectivity index (χ2n) is 10.1. The van der Waals surface area contributed by atoms with Crippen LogP contribution in [0.2, 0.25) is 0 Å². The summed E-state index contributed by atoms with van der Waals surface area (Å²) in [6, 6.07) is 0. The van der Waals surface area contributed by atoms with Crippen molar-refractivity contribution < 1.29 is 15.3 Å². The lowest BCUT2D eigenvalue weighted by molar-refractivity contribution is 0.104. The first kappa shape index (κ1) is 28.0. The maximum atomic E-state index is 10.8. The lowest BCUT2D eigenvalue weighted by atomic mass is 9.93. The van der Waals surface area contributed by atoms with Gasteiger partial charge >= 0.3 is 0 Å². The molecule has 0 radical (unpaired) electrons. The normalized spacial score (nSPS) is 15.1. The van der Waals surface area contributed by atoms with Crippen LogP contribution < -0.4 is 0 Å². The maximum absolute atomic E-state index is 10.8. The van der Waals surface area contributed by atoms with Crippen molar-refractivity contribution in [2.24, 2.45) is 5.92 Å². The molecule has 0 aliphatic carbocycles. The molecule has 0 aliphatic rings. The predicted octanol–water partition coefficient (Wildman–Crippen LogP) is 8.07. The van der Waals surface area contributed by atoms with Crippen LogP contribution in [0.25, 0.3) is 6.08 Å². The highest BCUT2D eigenvalue weighted by molar-refractivity contribution is 5.69. The van der Waals surface area contributed by atoms with Crippen LogP contribution in [-0.2, 0) is 0 Å². The third kappa shape index (κ3) is 9.24. The summed E-state index contributed by atoms with van der Waals surface area (Å²) in [4.78, 5) is 0. The number of aliphatic hydroxyl groups is 1. The predicted molar refractivity (Wildman–Crippen MR) is 138 cm³/mol. The summed E-state index contributed by atoms with van der Waals surface area (Å²) in [6.07, 6.45) is 15.3. The number of hydrogen-bond acceptors (Lipinski definition) is 3. The first-order chi connectivity index (χ1) is 14.9. The van der Waals surface area contributed by atoms with E-state index in [0.717, 1.165) is 25.2 Å². The van der Waals surface area contributed by atoms with Crippen molar-refractivity contribution in [1.29, 1.82) is 0 Å². The fourth-order valence-corrected chi connectivity index (χ4v) is 3.84. The summed E-state index contributed by atoms with van der Waals surface area (Å²) < 4.78 is 0. The first-order valence-electron chi connectivity index (χ1n) is 12.1. The summed E-state index contributed by atoms with van der Waals surface area (Å²) in [5, 5.41) is 31.5. The third-order valence-corrected chi connectivity index (χ3v) is 6.42. The molecular formula is C29H46O3. The molecule has 3 N–H and O–H groups in total. The van der Waals surface area contributed by atoms with Crippen molar-refractivity contribution in [3.05, 3.63) is 51.6 Å². The monoisotopic (exact) mass is 442 g/mol. The molecule has 1 unspecified atom stereocenters. The van der Waals surface area contributed by atoms with Crippen molar-refractivity contribution >= 4 is 6.08 Å². The lowest BCUT2D eigenvalue weighted by Crippen LogP contribution is -2.20. The van der Waals surface area contributed by atoms with E-state index < -0.39 is 5.60 Å². The zero-order valence-electron chi connectivity index (χ0n) is 21.7. The second-order valence-corrected chi connectivity index (χ2v) is 10.1. The van der Waals surface area contributed by atoms with Crippen LogP contribution in [0.1, 0.15) is 102 Å². The number of aromatic hydroxyl groups is 2. The Morgan fingerprint density at radius 3 is 2.06 bits per heavy atom. The Bertz CT molecular complexity index is 809. The fraction of sp³-hybridized carbons (Fsp3) is 0.586. The van der Waals surface area contributed by atoms with Crippen LogP contribution in [0.15, 0.2) is 29.4 Å². The van der Waals surface area contributed by atoms with Crippen molar-refractivity contribution in [3.63, 3.8) is 0 Å². The molecule has 1 atom stereocenters. The Labute approximate surface area is 196 Å². The average Bonchev–Trinajstić information content (AvgIpc) is 2.70. The highest BCUT2D eigenvalue weighted by Crippen LogP contribution is 2.37. The minimum absolute atomic E-state index is 0.160. The van der Waals surface area contributed by atoms with Crippen LogP contribution in [0.3, 0.4) is 0 Å². The molecule has 0 bridgehead atoms. The van der Waals surface area contributed by atoms with Gasteiger partial charge in [0.1, 0.15) is 11.5 Å². The summed E-state index contributed by atoms with van der Waals surface area (Å²) in [5.74, 6) is 1.14. The Morgan fingerprint density at radius 1 is 0.875 bits per heavy atom. The molecule has 0 saturated heterocycles. The molecule has 1 aromatic carbocycles. The molecule has 0 saturated carbocycles. The van der Waals surface area contributed by atoms with E-state index in [2.05, 4.69) is 39.8 Å². The maximum Gasteiger partial charge on any atom is 0.126 e. The number of allylic oxidation sites excluding steroid dienone is 4. The van der Waals surface area contributed by atoms with Gasteiger partial charge in [0.2, 0.25) is 0 Å². The summed E-state index contributed by atoms with van der Waals surface area (Å²) in [6.45, 7) is 16.1. The number of rotatable bonds is 12. The van der Waals surface area contributed by atoms with E-state index in [9.17, 15) is 15.3 Å². The Balaban J connectivity index is 2.60. The van der Waals surface area contributed by atoms with Gasteiger partial charge in [0.15, 0.2) is 0 Å². The van der Waals surface area contributed by atoms with Crippen LogP contribution >= 0.6 is 0 Å². The standard InChI is InChI=1S/C29H46O3/c1-20(2)12-9-13-21(3)14-10-15-22(4)16-11-18-29(8,32)19-17-26-25(7)27(30)23(5)24(6)28(26)31/h14,16-17,19-20,30-32H,9-13,15,18H2,1-8H3. The van der Waals surface area contributed by atoms with Crippen molar-refractivity contribution in [1.82, 2.24) is 0 Å². The van der Waals surface area contributed by atoms with E-state index in [4.69, 9.17) is 0 Å². The molecule has 180 valence electrons. The highest BCUT2D eigenvalue weighted by atomic mass is 16.3. The number of benzene rings is 1. The largest absolute Gasteiger partial charge is 0.507 e. The van der Waals surface area contributed by atoms with Crippen molar-refractivity contribution in [2.75, 3.05) is 0 Å². The highest BCUT2D eigenvalue weighted by Gasteiger charge is 2.18. The molecule has 0 heterocycles. The molecule has 3 heteroatoms. The van der Waals surface area contributed by atoms with E-state index in [1.54, 1.807) is 39.8 Å². The van der Waals surface area contributed by atoms with Crippen molar-refractivity contribution in [2.45, 2.75) is 106 Å². The molecule has 0 spiro atoms. The summed E-state index contributed by atoms with van der Waals surface area (Å²) >= 11 is 0. The van der Waals surface area contributed by atoms with Gasteiger partial charge < -0.3 is 15.3 Å². The summed E-state index contributed by atoms with van der Waals surface area (Å²) in [7, 11) is 0. The SMILES string of the molecule is CC(=CCCC(C)(O)C=Cc1c(C)c(O)c(C)c(C)c1O)CCC=C(C)CCCC(C)C. The Hall–Kier alpha value is -2.00. The Morgan fingerprint density at radius 2 is 1.44 bits per heavy atom. The van der Waals surface area contributed by atoms with E-state index >= 15 is 0 Å². The topological polar surface area (TPSA) is 60.7 Å². The fourth-order valence-electron chi connectivity index (χ4n) is 3.84. The van der Waals surface area contributed by atoms with Gasteiger partial charge in [-0.05, 0) is 97.1 Å². The molecular weight excluding hydrogens is 396 g/mol. The number of phenols is 2. The summed E-state index contributed by atoms with van der Waals surface area (Å²) in [5.41, 5.74) is 4.39. The zero-order chi connectivity index (χ0) is 24.5. The molecule has 0 aliphatic heterocycles. The van der Waals surface area contributed by atoms with Crippen LogP contribution in [0.5, 0.6) is 11.5 Å². The molecule has 3 nitrogen and oxygen atoms in total. The molecule has 0 aromatic heterocycles. The minimum Gasteiger partial charge on any atom is -0.507 e. The Kier molecular flexibility index (Phi) is 11.3. The molecule has 0 amide bonds. The van der Waals surface area contributed by atoms with Crippen LogP contribution in [0.4, 0.5) is 0 Å². The number of phenolic OH excluding ortho intramolecular Hbond substituents is 2. The quantitative estimate of drug-likeness (QED) is 0.226. The van der Waals surface area contributed by atoms with Gasteiger partial charge in [0.25, 0.3) is 0 Å². The van der Waals surface area contributed by atoms with Gasteiger partial charge in [-0.25, -0.2) is 0 Å². The second kappa shape index (κ2) is 12.9. The molecule has 32 heavy (non-hydrogen) atoms. The van der Waals surface area contributed by atoms with E-state index in [-0.39, 0.29) is 11.5 Å². The first-order valence-corrected chi connectivity index (χ1v) is 12.1. The minimum atomic E-state index is -0.989. The third-order valence-electron chi connectivity index (χ3n) is 6.42. The van der Waals surface area contributed by atoms with E-state index in [0.29, 0.717) is 28.7 Å². The average molecular weight is 443 g/mol. The van der Waals surface area contributed by atoms with E-state index in [1.165, 1.54) is 30.4 Å². The smallest absolute Gasteiger partial charge is 0.126 e. The van der Waals surface area contributed by atoms with Gasteiger partial charge in [-0.1, -0.05) is 55.7 Å².